The maximum Gasteiger partial charge on any atom is 0.192 e. The Morgan fingerprint density at radius 2 is 1.55 bits per heavy atom. The molecule has 0 aromatic carbocycles. The van der Waals surface area contributed by atoms with Crippen LogP contribution in [0.1, 0.15) is 121 Å². The number of aliphatic hydroxyl groups is 1. The summed E-state index contributed by atoms with van der Waals surface area (Å²) in [6.45, 7) is 37.2. The molecule has 3 aliphatic carbocycles. The van der Waals surface area contributed by atoms with E-state index in [0.717, 1.165) is 12.8 Å². The largest absolute Gasteiger partial charge is 0.413 e. The van der Waals surface area contributed by atoms with E-state index in [2.05, 4.69) is 100 Å². The summed E-state index contributed by atoms with van der Waals surface area (Å²) < 4.78 is 20.5. The summed E-state index contributed by atoms with van der Waals surface area (Å²) in [5.41, 5.74) is 3.68. The van der Waals surface area contributed by atoms with Gasteiger partial charge in [-0.2, -0.15) is 0 Å². The first-order valence-electron chi connectivity index (χ1n) is 17.7. The highest BCUT2D eigenvalue weighted by molar-refractivity contribution is 6.74. The first-order chi connectivity index (χ1) is 19.9. The Balaban J connectivity index is 1.86. The second-order valence-electron chi connectivity index (χ2n) is 18.5. The number of allylic oxidation sites excluding steroid dienone is 3. The lowest BCUT2D eigenvalue weighted by Crippen LogP contribution is -2.49. The number of fused-ring (bicyclic) bond motifs is 1. The average molecular weight is 647 g/mol. The van der Waals surface area contributed by atoms with Crippen molar-refractivity contribution in [2.45, 2.75) is 181 Å². The first-order valence-corrected chi connectivity index (χ1v) is 23.5. The molecule has 0 bridgehead atoms. The molecule has 6 heteroatoms. The Bertz CT molecular complexity index is 1070. The molecule has 6 atom stereocenters. The Morgan fingerprint density at radius 1 is 0.955 bits per heavy atom. The molecule has 0 spiro atoms. The van der Waals surface area contributed by atoms with E-state index in [1.165, 1.54) is 43.3 Å². The minimum absolute atomic E-state index is 0.0124. The van der Waals surface area contributed by atoms with E-state index in [9.17, 15) is 5.11 Å². The standard InChI is InChI=1S/C38H70O4Si2/c1-27-30(25-31(41-43(12,13)35(3,4)5)26-34(27)42-44(14,15)36(6,7)8)19-18-29-17-16-22-38(11)32(20-21-33(29)38)28(2)40-24-23-37(9,10)39/h18-19,28,31-34,39H,1,16-17,20-26H2,2-15H3/b29-18-,30-19-/t28-,31+,32+,33-,34-,38+/m0/s1. The molecule has 0 aromatic rings. The Labute approximate surface area is 274 Å². The molecule has 44 heavy (non-hydrogen) atoms. The van der Waals surface area contributed by atoms with Gasteiger partial charge >= 0.3 is 0 Å². The number of hydrogen-bond donors (Lipinski definition) is 1. The second-order valence-corrected chi connectivity index (χ2v) is 28.0. The van der Waals surface area contributed by atoms with Crippen LogP contribution in [-0.4, -0.2) is 52.3 Å². The molecular weight excluding hydrogens is 577 g/mol. The highest BCUT2D eigenvalue weighted by Gasteiger charge is 2.51. The van der Waals surface area contributed by atoms with Crippen LogP contribution in [0, 0.1) is 17.3 Å². The van der Waals surface area contributed by atoms with Gasteiger partial charge in [0.25, 0.3) is 0 Å². The van der Waals surface area contributed by atoms with Crippen LogP contribution in [0.25, 0.3) is 0 Å². The molecule has 0 amide bonds. The lowest BCUT2D eigenvalue weighted by Gasteiger charge is -2.45. The van der Waals surface area contributed by atoms with E-state index in [4.69, 9.17) is 13.6 Å². The quantitative estimate of drug-likeness (QED) is 0.240. The lowest BCUT2D eigenvalue weighted by molar-refractivity contribution is -0.0454. The summed E-state index contributed by atoms with van der Waals surface area (Å²) >= 11 is 0. The van der Waals surface area contributed by atoms with Crippen molar-refractivity contribution in [1.29, 1.82) is 0 Å². The zero-order valence-electron chi connectivity index (χ0n) is 31.3. The molecule has 1 N–H and O–H groups in total. The third kappa shape index (κ3) is 8.89. The predicted octanol–water partition coefficient (Wildman–Crippen LogP) is 10.8. The summed E-state index contributed by atoms with van der Waals surface area (Å²) in [6, 6.07) is 0. The lowest BCUT2D eigenvalue weighted by atomic mass is 9.62. The van der Waals surface area contributed by atoms with E-state index in [1.807, 2.05) is 13.8 Å². The fourth-order valence-corrected chi connectivity index (χ4v) is 10.1. The van der Waals surface area contributed by atoms with Gasteiger partial charge in [0.2, 0.25) is 0 Å². The van der Waals surface area contributed by atoms with Gasteiger partial charge in [0.1, 0.15) is 0 Å². The number of ether oxygens (including phenoxy) is 1. The van der Waals surface area contributed by atoms with E-state index in [0.29, 0.717) is 24.9 Å². The van der Waals surface area contributed by atoms with Crippen LogP contribution in [0.5, 0.6) is 0 Å². The monoisotopic (exact) mass is 646 g/mol. The number of rotatable bonds is 10. The van der Waals surface area contributed by atoms with Crippen LogP contribution >= 0.6 is 0 Å². The van der Waals surface area contributed by atoms with Crippen molar-refractivity contribution >= 4 is 16.6 Å². The van der Waals surface area contributed by atoms with E-state index in [-0.39, 0.29) is 33.8 Å². The smallest absolute Gasteiger partial charge is 0.192 e. The van der Waals surface area contributed by atoms with Crippen molar-refractivity contribution in [2.75, 3.05) is 6.61 Å². The zero-order valence-corrected chi connectivity index (χ0v) is 33.3. The Hall–Kier alpha value is -0.506. The van der Waals surface area contributed by atoms with Gasteiger partial charge in [-0.15, -0.1) is 0 Å². The van der Waals surface area contributed by atoms with Crippen LogP contribution in [-0.2, 0) is 13.6 Å². The molecule has 0 heterocycles. The van der Waals surface area contributed by atoms with Crippen LogP contribution in [0.2, 0.25) is 36.3 Å². The molecule has 3 fully saturated rings. The summed E-state index contributed by atoms with van der Waals surface area (Å²) in [5.74, 6) is 1.16. The van der Waals surface area contributed by atoms with Crippen LogP contribution in [0.4, 0.5) is 0 Å². The van der Waals surface area contributed by atoms with Gasteiger partial charge in [-0.3, -0.25) is 0 Å². The van der Waals surface area contributed by atoms with Gasteiger partial charge < -0.3 is 18.7 Å². The molecule has 0 aliphatic heterocycles. The van der Waals surface area contributed by atoms with Gasteiger partial charge in [0.15, 0.2) is 16.6 Å². The second kappa shape index (κ2) is 13.5. The van der Waals surface area contributed by atoms with Gasteiger partial charge in [0, 0.05) is 13.0 Å². The maximum atomic E-state index is 10.2. The fraction of sp³-hybridized carbons (Fsp3) is 0.842. The van der Waals surface area contributed by atoms with Crippen LogP contribution in [0.3, 0.4) is 0 Å². The molecule has 4 nitrogen and oxygen atoms in total. The van der Waals surface area contributed by atoms with Gasteiger partial charge in [-0.05, 0) is 130 Å². The summed E-state index contributed by atoms with van der Waals surface area (Å²) in [7, 11) is -3.92. The molecule has 0 radical (unpaired) electrons. The minimum Gasteiger partial charge on any atom is -0.413 e. The molecule has 3 saturated carbocycles. The Kier molecular flexibility index (Phi) is 11.7. The fourth-order valence-electron chi connectivity index (χ4n) is 7.43. The van der Waals surface area contributed by atoms with Crippen molar-refractivity contribution in [3.63, 3.8) is 0 Å². The van der Waals surface area contributed by atoms with Crippen molar-refractivity contribution in [1.82, 2.24) is 0 Å². The molecule has 0 saturated heterocycles. The summed E-state index contributed by atoms with van der Waals surface area (Å²) in [4.78, 5) is 0. The highest BCUT2D eigenvalue weighted by Crippen LogP contribution is 2.58. The molecular formula is C38H70O4Si2. The summed E-state index contributed by atoms with van der Waals surface area (Å²) in [6.07, 6.45) is 13.9. The first kappa shape index (κ1) is 37.9. The van der Waals surface area contributed by atoms with Gasteiger partial charge in [-0.1, -0.05) is 72.8 Å². The van der Waals surface area contributed by atoms with Crippen molar-refractivity contribution < 1.29 is 18.7 Å². The Morgan fingerprint density at radius 3 is 2.11 bits per heavy atom. The number of hydrogen-bond acceptors (Lipinski definition) is 4. The normalized spacial score (nSPS) is 31.9. The van der Waals surface area contributed by atoms with Gasteiger partial charge in [-0.25, -0.2) is 0 Å². The summed E-state index contributed by atoms with van der Waals surface area (Å²) in [5, 5.41) is 10.5. The average Bonchev–Trinajstić information content (AvgIpc) is 3.20. The maximum absolute atomic E-state index is 10.2. The third-order valence-electron chi connectivity index (χ3n) is 12.4. The van der Waals surface area contributed by atoms with Gasteiger partial charge in [0.05, 0.1) is 23.9 Å². The third-order valence-corrected chi connectivity index (χ3v) is 21.5. The molecule has 254 valence electrons. The van der Waals surface area contributed by atoms with E-state index >= 15 is 0 Å². The van der Waals surface area contributed by atoms with E-state index in [1.54, 1.807) is 5.57 Å². The van der Waals surface area contributed by atoms with Crippen LogP contribution in [0.15, 0.2) is 35.5 Å². The SMILES string of the molecule is C=C1/C(=C\C=C2\CCC[C@]3(C)[C@@H]([C@H](C)OCCC(C)(C)O)CC[C@@H]23)C[C@@H](O[Si](C)(C)C(C)(C)C)C[C@@H]1O[Si](C)(C)C(C)(C)C. The zero-order chi connectivity index (χ0) is 33.5. The van der Waals surface area contributed by atoms with Crippen molar-refractivity contribution in [3.05, 3.63) is 35.5 Å². The minimum atomic E-state index is -1.98. The topological polar surface area (TPSA) is 47.9 Å². The van der Waals surface area contributed by atoms with Crippen molar-refractivity contribution in [3.8, 4) is 0 Å². The van der Waals surface area contributed by atoms with Crippen LogP contribution < -0.4 is 0 Å². The molecule has 3 aliphatic rings. The highest BCUT2D eigenvalue weighted by atomic mass is 28.4. The predicted molar refractivity (Wildman–Crippen MR) is 193 cm³/mol. The van der Waals surface area contributed by atoms with E-state index < -0.39 is 22.2 Å². The molecule has 0 aromatic heterocycles. The molecule has 0 unspecified atom stereocenters. The van der Waals surface area contributed by atoms with Crippen molar-refractivity contribution in [2.24, 2.45) is 17.3 Å². The molecule has 3 rings (SSSR count).